The number of aromatic nitrogens is 1. The van der Waals surface area contributed by atoms with Gasteiger partial charge in [0.25, 0.3) is 5.24 Å². The third-order valence-electron chi connectivity index (χ3n) is 5.07. The largest absolute Gasteiger partial charge is 0.496 e. The van der Waals surface area contributed by atoms with Gasteiger partial charge in [-0.3, -0.25) is 9.59 Å². The van der Waals surface area contributed by atoms with E-state index in [1.807, 2.05) is 43.3 Å². The van der Waals surface area contributed by atoms with Gasteiger partial charge in [-0.25, -0.2) is 0 Å². The summed E-state index contributed by atoms with van der Waals surface area (Å²) in [4.78, 5) is 24.4. The minimum atomic E-state index is -0.972. The third kappa shape index (κ3) is 3.57. The summed E-state index contributed by atoms with van der Waals surface area (Å²) >= 11 is 5.59. The molecule has 0 radical (unpaired) electrons. The number of nitrogens with zero attached hydrogens (tertiary/aromatic N) is 1. The van der Waals surface area contributed by atoms with Gasteiger partial charge in [-0.05, 0) is 47.2 Å². The monoisotopic (exact) mass is 397 g/mol. The van der Waals surface area contributed by atoms with Crippen LogP contribution < -0.4 is 4.74 Å². The second kappa shape index (κ2) is 8.19. The van der Waals surface area contributed by atoms with E-state index in [9.17, 15) is 9.59 Å². The minimum Gasteiger partial charge on any atom is -0.496 e. The quantitative estimate of drug-likeness (QED) is 0.307. The third-order valence-corrected chi connectivity index (χ3v) is 5.24. The van der Waals surface area contributed by atoms with Gasteiger partial charge in [-0.1, -0.05) is 51.1 Å². The number of fused-ring (bicyclic) bond motifs is 1. The Morgan fingerprint density at radius 2 is 1.82 bits per heavy atom. The van der Waals surface area contributed by atoms with Gasteiger partial charge in [0.15, 0.2) is 0 Å². The molecule has 1 aromatic heterocycles. The standard InChI is InChI=1S/C23H24ClNO3/c1-5-18-21(22(26)23(24)27)17-12-20(28-4)16(14(2)3)11-19(17)25(18)13-15-9-7-6-8-10-15/h6-12,14H,5,13H2,1-4H3. The van der Waals surface area contributed by atoms with Crippen molar-refractivity contribution in [2.75, 3.05) is 7.11 Å². The Morgan fingerprint density at radius 1 is 1.14 bits per heavy atom. The number of hydrogen-bond donors (Lipinski definition) is 0. The number of ketones is 1. The highest BCUT2D eigenvalue weighted by molar-refractivity contribution is 6.83. The molecule has 4 nitrogen and oxygen atoms in total. The molecule has 0 atom stereocenters. The maximum atomic E-state index is 12.7. The van der Waals surface area contributed by atoms with Gasteiger partial charge in [0.2, 0.25) is 5.78 Å². The summed E-state index contributed by atoms with van der Waals surface area (Å²) in [6.07, 6.45) is 0.603. The summed E-state index contributed by atoms with van der Waals surface area (Å²) in [5, 5.41) is -0.270. The molecular weight excluding hydrogens is 374 g/mol. The maximum Gasteiger partial charge on any atom is 0.293 e. The van der Waals surface area contributed by atoms with Crippen LogP contribution in [-0.2, 0) is 17.8 Å². The number of hydrogen-bond acceptors (Lipinski definition) is 3. The Morgan fingerprint density at radius 3 is 2.36 bits per heavy atom. The van der Waals surface area contributed by atoms with Crippen molar-refractivity contribution >= 4 is 33.5 Å². The first-order valence-electron chi connectivity index (χ1n) is 9.40. The number of methoxy groups -OCH3 is 1. The molecule has 3 rings (SSSR count). The molecular formula is C23H24ClNO3. The van der Waals surface area contributed by atoms with Crippen molar-refractivity contribution in [3.63, 3.8) is 0 Å². The Balaban J connectivity index is 2.37. The smallest absolute Gasteiger partial charge is 0.293 e. The van der Waals surface area contributed by atoms with Crippen LogP contribution in [-0.4, -0.2) is 22.7 Å². The van der Waals surface area contributed by atoms with E-state index < -0.39 is 11.0 Å². The average Bonchev–Trinajstić information content (AvgIpc) is 2.99. The molecule has 0 unspecified atom stereocenters. The summed E-state index contributed by atoms with van der Waals surface area (Å²) in [5.41, 5.74) is 4.27. The number of carbonyl (C=O) groups excluding carboxylic acids is 2. The van der Waals surface area contributed by atoms with Crippen LogP contribution in [0.15, 0.2) is 42.5 Å². The molecule has 1 heterocycles. The second-order valence-electron chi connectivity index (χ2n) is 7.12. The lowest BCUT2D eigenvalue weighted by molar-refractivity contribution is -0.108. The summed E-state index contributed by atoms with van der Waals surface area (Å²) in [6, 6.07) is 14.0. The van der Waals surface area contributed by atoms with Gasteiger partial charge in [0.05, 0.1) is 12.7 Å². The molecule has 0 aliphatic heterocycles. The second-order valence-corrected chi connectivity index (χ2v) is 7.46. The summed E-state index contributed by atoms with van der Waals surface area (Å²) in [7, 11) is 1.61. The van der Waals surface area contributed by atoms with E-state index in [0.717, 1.165) is 22.3 Å². The number of rotatable bonds is 7. The van der Waals surface area contributed by atoms with E-state index in [-0.39, 0.29) is 5.92 Å². The molecule has 0 spiro atoms. The van der Waals surface area contributed by atoms with Crippen LogP contribution in [0.25, 0.3) is 10.9 Å². The lowest BCUT2D eigenvalue weighted by atomic mass is 9.98. The molecule has 146 valence electrons. The van der Waals surface area contributed by atoms with Gasteiger partial charge in [-0.15, -0.1) is 0 Å². The van der Waals surface area contributed by atoms with Gasteiger partial charge in [0.1, 0.15) is 5.75 Å². The van der Waals surface area contributed by atoms with E-state index in [1.54, 1.807) is 7.11 Å². The molecule has 0 fully saturated rings. The first kappa shape index (κ1) is 20.2. The van der Waals surface area contributed by atoms with Crippen molar-refractivity contribution in [2.24, 2.45) is 0 Å². The molecule has 0 saturated carbocycles. The van der Waals surface area contributed by atoms with Crippen LogP contribution in [0.2, 0.25) is 0 Å². The first-order valence-corrected chi connectivity index (χ1v) is 9.77. The Bertz CT molecular complexity index is 1040. The molecule has 0 bridgehead atoms. The van der Waals surface area contributed by atoms with Crippen LogP contribution in [0.3, 0.4) is 0 Å². The van der Waals surface area contributed by atoms with Crippen molar-refractivity contribution in [3.8, 4) is 5.75 Å². The number of Topliss-reactive ketones (excluding diaryl/α,β-unsaturated/α-hetero) is 1. The fourth-order valence-corrected chi connectivity index (χ4v) is 3.83. The molecule has 0 aliphatic rings. The molecule has 0 amide bonds. The number of benzene rings is 2. The van der Waals surface area contributed by atoms with Crippen LogP contribution in [0.4, 0.5) is 0 Å². The van der Waals surface area contributed by atoms with Gasteiger partial charge in [-0.2, -0.15) is 0 Å². The van der Waals surface area contributed by atoms with E-state index >= 15 is 0 Å². The molecule has 0 N–H and O–H groups in total. The first-order chi connectivity index (χ1) is 13.4. The molecule has 3 aromatic rings. The number of carbonyl (C=O) groups is 2. The SMILES string of the molecule is CCc1c(C(=O)C(=O)Cl)c2cc(OC)c(C(C)C)cc2n1Cc1ccccc1. The summed E-state index contributed by atoms with van der Waals surface area (Å²) in [6.45, 7) is 6.78. The van der Waals surface area contributed by atoms with Crippen molar-refractivity contribution in [3.05, 3.63) is 64.8 Å². The lowest BCUT2D eigenvalue weighted by Crippen LogP contribution is -2.12. The number of halogens is 1. The fourth-order valence-electron chi connectivity index (χ4n) is 3.74. The van der Waals surface area contributed by atoms with Crippen molar-refractivity contribution in [1.82, 2.24) is 4.57 Å². The fraction of sp³-hybridized carbons (Fsp3) is 0.304. The van der Waals surface area contributed by atoms with Gasteiger partial charge >= 0.3 is 0 Å². The van der Waals surface area contributed by atoms with Crippen LogP contribution >= 0.6 is 11.6 Å². The maximum absolute atomic E-state index is 12.7. The Kier molecular flexibility index (Phi) is 5.90. The van der Waals surface area contributed by atoms with Gasteiger partial charge in [0, 0.05) is 23.1 Å². The minimum absolute atomic E-state index is 0.248. The van der Waals surface area contributed by atoms with E-state index in [0.29, 0.717) is 29.7 Å². The summed E-state index contributed by atoms with van der Waals surface area (Å²) < 4.78 is 7.69. The van der Waals surface area contributed by atoms with E-state index in [2.05, 4.69) is 24.5 Å². The van der Waals surface area contributed by atoms with Crippen LogP contribution in [0.1, 0.15) is 53.9 Å². The zero-order chi connectivity index (χ0) is 20.4. The van der Waals surface area contributed by atoms with Crippen molar-refractivity contribution < 1.29 is 14.3 Å². The molecule has 0 aliphatic carbocycles. The van der Waals surface area contributed by atoms with Crippen molar-refractivity contribution in [2.45, 2.75) is 39.7 Å². The van der Waals surface area contributed by atoms with Crippen molar-refractivity contribution in [1.29, 1.82) is 0 Å². The molecule has 2 aromatic carbocycles. The van der Waals surface area contributed by atoms with E-state index in [1.165, 1.54) is 0 Å². The highest BCUT2D eigenvalue weighted by Gasteiger charge is 2.27. The Labute approximate surface area is 170 Å². The predicted octanol–water partition coefficient (Wildman–Crippen LogP) is 5.33. The Hall–Kier alpha value is -2.59. The highest BCUT2D eigenvalue weighted by Crippen LogP contribution is 2.36. The lowest BCUT2D eigenvalue weighted by Gasteiger charge is -2.14. The molecule has 28 heavy (non-hydrogen) atoms. The zero-order valence-electron chi connectivity index (χ0n) is 16.6. The van der Waals surface area contributed by atoms with Crippen LogP contribution in [0, 0.1) is 0 Å². The van der Waals surface area contributed by atoms with Crippen LogP contribution in [0.5, 0.6) is 5.75 Å². The number of ether oxygens (including phenoxy) is 1. The average molecular weight is 398 g/mol. The highest BCUT2D eigenvalue weighted by atomic mass is 35.5. The molecule has 0 saturated heterocycles. The zero-order valence-corrected chi connectivity index (χ0v) is 17.3. The van der Waals surface area contributed by atoms with Gasteiger partial charge < -0.3 is 9.30 Å². The predicted molar refractivity (Wildman–Crippen MR) is 113 cm³/mol. The summed E-state index contributed by atoms with van der Waals surface area (Å²) in [5.74, 6) is 0.283. The molecule has 5 heteroatoms. The topological polar surface area (TPSA) is 48.3 Å². The normalized spacial score (nSPS) is 11.2. The van der Waals surface area contributed by atoms with E-state index in [4.69, 9.17) is 16.3 Å².